The van der Waals surface area contributed by atoms with Crippen LogP contribution in [0.3, 0.4) is 0 Å². The Morgan fingerprint density at radius 1 is 1.30 bits per heavy atom. The Bertz CT molecular complexity index is 427. The predicted octanol–water partition coefficient (Wildman–Crippen LogP) is 4.60. The summed E-state index contributed by atoms with van der Waals surface area (Å²) in [5.74, 6) is 0.778. The van der Waals surface area contributed by atoms with Crippen molar-refractivity contribution in [3.8, 4) is 0 Å². The van der Waals surface area contributed by atoms with E-state index in [9.17, 15) is 5.11 Å². The molecule has 2 nitrogen and oxygen atoms in total. The SMILES string of the molecule is CC(C)(C)C1CCC(CO)(Cc2ccc(Br)cn2)CC1. The second kappa shape index (κ2) is 6.15. The van der Waals surface area contributed by atoms with E-state index in [0.29, 0.717) is 5.41 Å². The lowest BCUT2D eigenvalue weighted by Crippen LogP contribution is -2.36. The molecule has 1 aromatic heterocycles. The topological polar surface area (TPSA) is 33.1 Å². The van der Waals surface area contributed by atoms with Gasteiger partial charge in [0, 0.05) is 23.0 Å². The lowest BCUT2D eigenvalue weighted by molar-refractivity contribution is 0.0362. The van der Waals surface area contributed by atoms with Crippen molar-refractivity contribution in [1.29, 1.82) is 0 Å². The molecule has 1 aromatic rings. The summed E-state index contributed by atoms with van der Waals surface area (Å²) < 4.78 is 1.01. The van der Waals surface area contributed by atoms with Gasteiger partial charge in [0.15, 0.2) is 0 Å². The molecule has 1 saturated carbocycles. The molecule has 0 atom stereocenters. The first-order valence-corrected chi connectivity index (χ1v) is 8.35. The number of nitrogens with zero attached hydrogens (tertiary/aromatic N) is 1. The molecule has 1 heterocycles. The summed E-state index contributed by atoms with van der Waals surface area (Å²) in [7, 11) is 0. The van der Waals surface area contributed by atoms with Gasteiger partial charge in [-0.2, -0.15) is 0 Å². The van der Waals surface area contributed by atoms with E-state index < -0.39 is 0 Å². The Kier molecular flexibility index (Phi) is 4.91. The van der Waals surface area contributed by atoms with Crippen molar-refractivity contribution in [3.63, 3.8) is 0 Å². The highest BCUT2D eigenvalue weighted by molar-refractivity contribution is 9.10. The minimum absolute atomic E-state index is 0.0442. The fourth-order valence-electron chi connectivity index (χ4n) is 3.38. The van der Waals surface area contributed by atoms with Crippen LogP contribution < -0.4 is 0 Å². The second-order valence-corrected chi connectivity index (χ2v) is 8.36. The molecule has 3 heteroatoms. The maximum Gasteiger partial charge on any atom is 0.0491 e. The van der Waals surface area contributed by atoms with Gasteiger partial charge >= 0.3 is 0 Å². The molecule has 0 amide bonds. The zero-order valence-electron chi connectivity index (χ0n) is 12.8. The maximum absolute atomic E-state index is 9.91. The van der Waals surface area contributed by atoms with E-state index in [1.165, 1.54) is 12.8 Å². The van der Waals surface area contributed by atoms with Crippen molar-refractivity contribution in [2.45, 2.75) is 52.9 Å². The van der Waals surface area contributed by atoms with Gasteiger partial charge in [-0.15, -0.1) is 0 Å². The van der Waals surface area contributed by atoms with Gasteiger partial charge in [-0.25, -0.2) is 0 Å². The molecule has 1 N–H and O–H groups in total. The van der Waals surface area contributed by atoms with Gasteiger partial charge in [0.1, 0.15) is 0 Å². The van der Waals surface area contributed by atoms with Gasteiger partial charge in [-0.1, -0.05) is 20.8 Å². The predicted molar refractivity (Wildman–Crippen MR) is 86.6 cm³/mol. The molecule has 0 radical (unpaired) electrons. The molecule has 2 rings (SSSR count). The normalized spacial score (nSPS) is 27.6. The minimum Gasteiger partial charge on any atom is -0.396 e. The number of aliphatic hydroxyl groups excluding tert-OH is 1. The average Bonchev–Trinajstić information content (AvgIpc) is 2.41. The van der Waals surface area contributed by atoms with Crippen LogP contribution in [0.5, 0.6) is 0 Å². The average molecular weight is 340 g/mol. The lowest BCUT2D eigenvalue weighted by Gasteiger charge is -2.43. The molecule has 1 aliphatic rings. The molecule has 112 valence electrons. The molecule has 0 aliphatic heterocycles. The van der Waals surface area contributed by atoms with Gasteiger partial charge in [0.2, 0.25) is 0 Å². The van der Waals surface area contributed by atoms with Crippen LogP contribution in [0.4, 0.5) is 0 Å². The second-order valence-electron chi connectivity index (χ2n) is 7.44. The summed E-state index contributed by atoms with van der Waals surface area (Å²) >= 11 is 3.42. The van der Waals surface area contributed by atoms with Crippen molar-refractivity contribution in [3.05, 3.63) is 28.5 Å². The standard InChI is InChI=1S/C17H26BrNO/c1-16(2,3)13-6-8-17(12-20,9-7-13)10-15-5-4-14(18)11-19-15/h4-5,11,13,20H,6-10,12H2,1-3H3. The quantitative estimate of drug-likeness (QED) is 0.872. The highest BCUT2D eigenvalue weighted by atomic mass is 79.9. The number of halogens is 1. The maximum atomic E-state index is 9.91. The Balaban J connectivity index is 2.03. The van der Waals surface area contributed by atoms with Crippen LogP contribution in [0.15, 0.2) is 22.8 Å². The summed E-state index contributed by atoms with van der Waals surface area (Å²) in [5, 5.41) is 9.91. The molecule has 1 aliphatic carbocycles. The first kappa shape index (κ1) is 16.0. The highest BCUT2D eigenvalue weighted by Crippen LogP contribution is 2.46. The van der Waals surface area contributed by atoms with Crippen LogP contribution in [0, 0.1) is 16.7 Å². The van der Waals surface area contributed by atoms with Crippen LogP contribution >= 0.6 is 15.9 Å². The first-order chi connectivity index (χ1) is 9.35. The van der Waals surface area contributed by atoms with Crippen LogP contribution in [0.2, 0.25) is 0 Å². The van der Waals surface area contributed by atoms with Crippen molar-refractivity contribution >= 4 is 15.9 Å². The zero-order chi connectivity index (χ0) is 14.8. The van der Waals surface area contributed by atoms with Gasteiger partial charge in [-0.05, 0) is 76.9 Å². The van der Waals surface area contributed by atoms with Crippen LogP contribution in [0.1, 0.15) is 52.1 Å². The summed E-state index contributed by atoms with van der Waals surface area (Å²) in [6.45, 7) is 7.28. The smallest absolute Gasteiger partial charge is 0.0491 e. The number of hydrogen-bond acceptors (Lipinski definition) is 2. The molecule has 1 fully saturated rings. The first-order valence-electron chi connectivity index (χ1n) is 7.56. The summed E-state index contributed by atoms with van der Waals surface area (Å²) in [5.41, 5.74) is 1.52. The van der Waals surface area contributed by atoms with E-state index in [-0.39, 0.29) is 12.0 Å². The Morgan fingerprint density at radius 2 is 1.95 bits per heavy atom. The Hall–Kier alpha value is -0.410. The third-order valence-electron chi connectivity index (χ3n) is 4.95. The van der Waals surface area contributed by atoms with Gasteiger partial charge < -0.3 is 5.11 Å². The van der Waals surface area contributed by atoms with E-state index in [1.807, 2.05) is 12.3 Å². The van der Waals surface area contributed by atoms with Crippen molar-refractivity contribution in [2.24, 2.45) is 16.7 Å². The van der Waals surface area contributed by atoms with Crippen molar-refractivity contribution < 1.29 is 5.11 Å². The van der Waals surface area contributed by atoms with E-state index in [0.717, 1.165) is 35.3 Å². The third-order valence-corrected chi connectivity index (χ3v) is 5.42. The van der Waals surface area contributed by atoms with Crippen LogP contribution in [-0.2, 0) is 6.42 Å². The summed E-state index contributed by atoms with van der Waals surface area (Å²) in [6.07, 6.45) is 7.42. The largest absolute Gasteiger partial charge is 0.396 e. The number of aromatic nitrogens is 1. The van der Waals surface area contributed by atoms with Gasteiger partial charge in [-0.3, -0.25) is 4.98 Å². The van der Waals surface area contributed by atoms with Crippen LogP contribution in [-0.4, -0.2) is 16.7 Å². The molecule has 0 unspecified atom stereocenters. The minimum atomic E-state index is 0.0442. The Labute approximate surface area is 131 Å². The third kappa shape index (κ3) is 3.82. The van der Waals surface area contributed by atoms with Gasteiger partial charge in [0.05, 0.1) is 0 Å². The van der Waals surface area contributed by atoms with Crippen molar-refractivity contribution in [2.75, 3.05) is 6.61 Å². The molecule has 0 aromatic carbocycles. The van der Waals surface area contributed by atoms with Gasteiger partial charge in [0.25, 0.3) is 0 Å². The highest BCUT2D eigenvalue weighted by Gasteiger charge is 2.38. The molecular formula is C17H26BrNO. The molecule has 0 saturated heterocycles. The zero-order valence-corrected chi connectivity index (χ0v) is 14.4. The Morgan fingerprint density at radius 3 is 2.40 bits per heavy atom. The van der Waals surface area contributed by atoms with E-state index in [4.69, 9.17) is 0 Å². The van der Waals surface area contributed by atoms with Crippen LogP contribution in [0.25, 0.3) is 0 Å². The summed E-state index contributed by atoms with van der Waals surface area (Å²) in [4.78, 5) is 4.48. The monoisotopic (exact) mass is 339 g/mol. The molecule has 0 spiro atoms. The number of pyridine rings is 1. The fraction of sp³-hybridized carbons (Fsp3) is 0.706. The lowest BCUT2D eigenvalue weighted by atomic mass is 9.63. The van der Waals surface area contributed by atoms with E-state index in [2.05, 4.69) is 47.8 Å². The number of hydrogen-bond donors (Lipinski definition) is 1. The van der Waals surface area contributed by atoms with E-state index in [1.54, 1.807) is 0 Å². The molecular weight excluding hydrogens is 314 g/mol. The van der Waals surface area contributed by atoms with Crippen molar-refractivity contribution in [1.82, 2.24) is 4.98 Å². The fourth-order valence-corrected chi connectivity index (χ4v) is 3.62. The molecule has 0 bridgehead atoms. The summed E-state index contributed by atoms with van der Waals surface area (Å²) in [6, 6.07) is 4.10. The number of rotatable bonds is 3. The molecule has 20 heavy (non-hydrogen) atoms. The van der Waals surface area contributed by atoms with E-state index >= 15 is 0 Å². The number of aliphatic hydroxyl groups is 1.